The third-order valence-electron chi connectivity index (χ3n) is 2.20. The Morgan fingerprint density at radius 3 is 3.29 bits per heavy atom. The molecule has 2 aromatic heterocycles. The topological polar surface area (TPSA) is 68.5 Å². The molecule has 2 aromatic rings. The first-order valence-corrected chi connectivity index (χ1v) is 5.13. The Morgan fingerprint density at radius 1 is 1.43 bits per heavy atom. The standard InChI is InChI=1S/C7H8N6S/c1-2-13-6(4-8-1)10-11-7(13)5-3-9-12-14-5/h3,8H,1-2,4H2. The van der Waals surface area contributed by atoms with Gasteiger partial charge in [0.25, 0.3) is 0 Å². The third kappa shape index (κ3) is 1.13. The van der Waals surface area contributed by atoms with Crippen LogP contribution in [-0.2, 0) is 13.1 Å². The van der Waals surface area contributed by atoms with Gasteiger partial charge in [-0.15, -0.1) is 15.3 Å². The van der Waals surface area contributed by atoms with E-state index in [9.17, 15) is 0 Å². The molecule has 14 heavy (non-hydrogen) atoms. The summed E-state index contributed by atoms with van der Waals surface area (Å²) in [7, 11) is 0. The number of rotatable bonds is 1. The summed E-state index contributed by atoms with van der Waals surface area (Å²) in [6.07, 6.45) is 1.73. The molecule has 1 aliphatic heterocycles. The fourth-order valence-electron chi connectivity index (χ4n) is 1.54. The molecule has 0 saturated carbocycles. The van der Waals surface area contributed by atoms with Crippen molar-refractivity contribution in [2.45, 2.75) is 13.1 Å². The van der Waals surface area contributed by atoms with Crippen molar-refractivity contribution in [3.8, 4) is 10.7 Å². The smallest absolute Gasteiger partial charge is 0.177 e. The summed E-state index contributed by atoms with van der Waals surface area (Å²) in [5.41, 5.74) is 0. The van der Waals surface area contributed by atoms with Crippen LogP contribution in [0.25, 0.3) is 10.7 Å². The van der Waals surface area contributed by atoms with Crippen LogP contribution in [0, 0.1) is 0 Å². The van der Waals surface area contributed by atoms with Crippen LogP contribution in [0.5, 0.6) is 0 Å². The van der Waals surface area contributed by atoms with Gasteiger partial charge in [-0.3, -0.25) is 0 Å². The van der Waals surface area contributed by atoms with Crippen LogP contribution in [-0.4, -0.2) is 30.9 Å². The summed E-state index contributed by atoms with van der Waals surface area (Å²) in [6.45, 7) is 2.67. The minimum Gasteiger partial charge on any atom is -0.308 e. The Labute approximate surface area is 84.1 Å². The van der Waals surface area contributed by atoms with Crippen molar-refractivity contribution >= 4 is 11.5 Å². The van der Waals surface area contributed by atoms with Crippen LogP contribution in [0.1, 0.15) is 5.82 Å². The molecular weight excluding hydrogens is 200 g/mol. The lowest BCUT2D eigenvalue weighted by atomic mass is 10.4. The summed E-state index contributed by atoms with van der Waals surface area (Å²) in [6, 6.07) is 0. The molecule has 0 atom stereocenters. The quantitative estimate of drug-likeness (QED) is 0.708. The second-order valence-corrected chi connectivity index (χ2v) is 3.84. The lowest BCUT2D eigenvalue weighted by Gasteiger charge is -2.14. The van der Waals surface area contributed by atoms with E-state index in [0.717, 1.165) is 36.2 Å². The van der Waals surface area contributed by atoms with Crippen molar-refractivity contribution in [3.63, 3.8) is 0 Å². The molecule has 0 amide bonds. The van der Waals surface area contributed by atoms with Gasteiger partial charge in [-0.25, -0.2) is 0 Å². The van der Waals surface area contributed by atoms with Gasteiger partial charge in [-0.05, 0) is 11.5 Å². The highest BCUT2D eigenvalue weighted by molar-refractivity contribution is 7.09. The van der Waals surface area contributed by atoms with E-state index in [1.54, 1.807) is 6.20 Å². The molecule has 72 valence electrons. The Hall–Kier alpha value is -1.34. The first-order valence-electron chi connectivity index (χ1n) is 4.35. The van der Waals surface area contributed by atoms with Gasteiger partial charge in [-0.2, -0.15) is 0 Å². The Kier molecular flexibility index (Phi) is 1.78. The minimum absolute atomic E-state index is 0.791. The average Bonchev–Trinajstić information content (AvgIpc) is 2.85. The van der Waals surface area contributed by atoms with Crippen molar-refractivity contribution in [2.24, 2.45) is 0 Å². The molecule has 7 heteroatoms. The van der Waals surface area contributed by atoms with Gasteiger partial charge in [-0.1, -0.05) is 4.49 Å². The predicted molar refractivity (Wildman–Crippen MR) is 50.6 cm³/mol. The maximum Gasteiger partial charge on any atom is 0.177 e. The van der Waals surface area contributed by atoms with Gasteiger partial charge in [0.1, 0.15) is 10.7 Å². The van der Waals surface area contributed by atoms with Crippen LogP contribution >= 0.6 is 11.5 Å². The Morgan fingerprint density at radius 2 is 2.43 bits per heavy atom. The molecule has 1 N–H and O–H groups in total. The summed E-state index contributed by atoms with van der Waals surface area (Å²) in [5, 5.41) is 15.3. The minimum atomic E-state index is 0.791. The van der Waals surface area contributed by atoms with Crippen molar-refractivity contribution < 1.29 is 0 Å². The first kappa shape index (κ1) is 8.01. The van der Waals surface area contributed by atoms with Gasteiger partial charge in [0.2, 0.25) is 0 Å². The molecule has 0 aromatic carbocycles. The molecule has 0 unspecified atom stereocenters. The zero-order valence-corrected chi connectivity index (χ0v) is 8.16. The van der Waals surface area contributed by atoms with Gasteiger partial charge in [0, 0.05) is 13.1 Å². The van der Waals surface area contributed by atoms with E-state index in [1.165, 1.54) is 11.5 Å². The number of aromatic nitrogens is 5. The highest BCUT2D eigenvalue weighted by Crippen LogP contribution is 2.21. The third-order valence-corrected chi connectivity index (χ3v) is 2.86. The molecule has 0 spiro atoms. The highest BCUT2D eigenvalue weighted by atomic mass is 32.1. The van der Waals surface area contributed by atoms with Crippen LogP contribution in [0.15, 0.2) is 6.20 Å². The average molecular weight is 208 g/mol. The lowest BCUT2D eigenvalue weighted by molar-refractivity contribution is 0.508. The molecule has 0 saturated heterocycles. The molecule has 6 nitrogen and oxygen atoms in total. The number of hydrogen-bond donors (Lipinski definition) is 1. The van der Waals surface area contributed by atoms with Crippen molar-refractivity contribution in [2.75, 3.05) is 6.54 Å². The molecule has 0 fully saturated rings. The van der Waals surface area contributed by atoms with E-state index in [1.807, 2.05) is 0 Å². The van der Waals surface area contributed by atoms with E-state index >= 15 is 0 Å². The number of fused-ring (bicyclic) bond motifs is 1. The van der Waals surface area contributed by atoms with E-state index in [-0.39, 0.29) is 0 Å². The fourth-order valence-corrected chi connectivity index (χ4v) is 2.05. The first-order chi connectivity index (χ1) is 6.95. The predicted octanol–water partition coefficient (Wildman–Crippen LogP) is -0.100. The van der Waals surface area contributed by atoms with Crippen molar-refractivity contribution in [1.82, 2.24) is 29.7 Å². The second kappa shape index (κ2) is 3.10. The van der Waals surface area contributed by atoms with Crippen LogP contribution in [0.3, 0.4) is 0 Å². The number of hydrogen-bond acceptors (Lipinski definition) is 6. The normalized spacial score (nSPS) is 15.4. The summed E-state index contributed by atoms with van der Waals surface area (Å²) >= 11 is 1.35. The maximum absolute atomic E-state index is 4.14. The van der Waals surface area contributed by atoms with E-state index in [4.69, 9.17) is 0 Å². The number of nitrogens with zero attached hydrogens (tertiary/aromatic N) is 5. The zero-order valence-electron chi connectivity index (χ0n) is 7.34. The summed E-state index contributed by atoms with van der Waals surface area (Å²) in [4.78, 5) is 0.977. The molecule has 1 aliphatic rings. The lowest BCUT2D eigenvalue weighted by Crippen LogP contribution is -2.28. The van der Waals surface area contributed by atoms with Gasteiger partial charge in [0.15, 0.2) is 5.82 Å². The second-order valence-electron chi connectivity index (χ2n) is 3.05. The van der Waals surface area contributed by atoms with Crippen LogP contribution in [0.4, 0.5) is 0 Å². The highest BCUT2D eigenvalue weighted by Gasteiger charge is 2.17. The van der Waals surface area contributed by atoms with Gasteiger partial charge in [0.05, 0.1) is 12.7 Å². The van der Waals surface area contributed by atoms with E-state index in [2.05, 4.69) is 29.7 Å². The van der Waals surface area contributed by atoms with Gasteiger partial charge < -0.3 is 9.88 Å². The maximum atomic E-state index is 4.14. The molecule has 0 aliphatic carbocycles. The molecular formula is C7H8N6S. The van der Waals surface area contributed by atoms with Crippen LogP contribution < -0.4 is 5.32 Å². The Balaban J connectivity index is 2.11. The van der Waals surface area contributed by atoms with Crippen LogP contribution in [0.2, 0.25) is 0 Å². The SMILES string of the molecule is c1nnsc1-c1nnc2n1CCNC2. The fraction of sp³-hybridized carbons (Fsp3) is 0.429. The largest absolute Gasteiger partial charge is 0.308 e. The molecule has 0 radical (unpaired) electrons. The van der Waals surface area contributed by atoms with Crippen molar-refractivity contribution in [1.29, 1.82) is 0 Å². The summed E-state index contributed by atoms with van der Waals surface area (Å²) < 4.78 is 5.94. The van der Waals surface area contributed by atoms with Crippen molar-refractivity contribution in [3.05, 3.63) is 12.0 Å². The Bertz CT molecular complexity index is 433. The molecule has 0 bridgehead atoms. The van der Waals surface area contributed by atoms with Gasteiger partial charge >= 0.3 is 0 Å². The number of nitrogens with one attached hydrogen (secondary N) is 1. The molecule has 3 rings (SSSR count). The summed E-state index contributed by atoms with van der Waals surface area (Å²) in [5.74, 6) is 1.87. The molecule has 3 heterocycles. The van der Waals surface area contributed by atoms with E-state index in [0.29, 0.717) is 0 Å². The van der Waals surface area contributed by atoms with E-state index < -0.39 is 0 Å². The monoisotopic (exact) mass is 208 g/mol. The zero-order chi connectivity index (χ0) is 9.38.